The first-order chi connectivity index (χ1) is 8.58. The lowest BCUT2D eigenvalue weighted by Crippen LogP contribution is -2.37. The van der Waals surface area contributed by atoms with Gasteiger partial charge >= 0.3 is 0 Å². The highest BCUT2D eigenvalue weighted by Crippen LogP contribution is 2.20. The topological polar surface area (TPSA) is 55.1 Å². The van der Waals surface area contributed by atoms with Crippen molar-refractivity contribution >= 4 is 23.4 Å². The van der Waals surface area contributed by atoms with Gasteiger partial charge in [0.25, 0.3) is 5.91 Å². The van der Waals surface area contributed by atoms with Crippen molar-refractivity contribution in [3.8, 4) is 0 Å². The van der Waals surface area contributed by atoms with Gasteiger partial charge in [-0.05, 0) is 36.5 Å². The predicted molar refractivity (Wildman–Crippen MR) is 68.6 cm³/mol. The second kappa shape index (κ2) is 5.56. The highest BCUT2D eigenvalue weighted by atomic mass is 32.2. The molecule has 2 rings (SSSR count). The number of anilines is 1. The molecule has 0 saturated carbocycles. The largest absolute Gasteiger partial charge is 0.396 e. The third kappa shape index (κ3) is 2.93. The van der Waals surface area contributed by atoms with Gasteiger partial charge in [0, 0.05) is 6.04 Å². The van der Waals surface area contributed by atoms with Crippen LogP contribution in [0.2, 0.25) is 0 Å². The van der Waals surface area contributed by atoms with Crippen LogP contribution in [0.3, 0.4) is 0 Å². The second-order valence-electron chi connectivity index (χ2n) is 4.22. The molecule has 1 aromatic rings. The first kappa shape index (κ1) is 13.1. The Bertz CT molecular complexity index is 462. The summed E-state index contributed by atoms with van der Waals surface area (Å²) >= 11 is 1.82. The molecule has 3 N–H and O–H groups in total. The summed E-state index contributed by atoms with van der Waals surface area (Å²) in [5.41, 5.74) is 4.62. The lowest BCUT2D eigenvalue weighted by molar-refractivity contribution is 0.0930. The number of rotatable bonds is 2. The quantitative estimate of drug-likeness (QED) is 0.811. The molecule has 1 aliphatic rings. The minimum atomic E-state index is -0.862. The maximum absolute atomic E-state index is 13.6. The Morgan fingerprint density at radius 1 is 1.33 bits per heavy atom. The lowest BCUT2D eigenvalue weighted by Gasteiger charge is -2.22. The van der Waals surface area contributed by atoms with E-state index < -0.39 is 17.5 Å². The minimum Gasteiger partial charge on any atom is -0.396 e. The van der Waals surface area contributed by atoms with Gasteiger partial charge in [-0.3, -0.25) is 4.79 Å². The SMILES string of the molecule is Nc1cc(F)cc(C(=O)NC2CCSCC2)c1F. The summed E-state index contributed by atoms with van der Waals surface area (Å²) in [6.07, 6.45) is 1.70. The van der Waals surface area contributed by atoms with Gasteiger partial charge in [0.15, 0.2) is 5.82 Å². The second-order valence-corrected chi connectivity index (χ2v) is 5.44. The molecule has 1 fully saturated rings. The zero-order valence-electron chi connectivity index (χ0n) is 9.71. The van der Waals surface area contributed by atoms with E-state index in [0.29, 0.717) is 0 Å². The van der Waals surface area contributed by atoms with Crippen LogP contribution in [-0.4, -0.2) is 23.5 Å². The van der Waals surface area contributed by atoms with E-state index in [9.17, 15) is 13.6 Å². The molecular weight excluding hydrogens is 258 g/mol. The van der Waals surface area contributed by atoms with Crippen molar-refractivity contribution in [2.75, 3.05) is 17.2 Å². The van der Waals surface area contributed by atoms with E-state index in [1.54, 1.807) is 0 Å². The summed E-state index contributed by atoms with van der Waals surface area (Å²) in [6.45, 7) is 0. The third-order valence-electron chi connectivity index (χ3n) is 2.87. The van der Waals surface area contributed by atoms with Crippen LogP contribution in [0.15, 0.2) is 12.1 Å². The van der Waals surface area contributed by atoms with E-state index in [1.807, 2.05) is 11.8 Å². The average Bonchev–Trinajstić information content (AvgIpc) is 2.35. The maximum Gasteiger partial charge on any atom is 0.254 e. The van der Waals surface area contributed by atoms with Crippen molar-refractivity contribution in [1.82, 2.24) is 5.32 Å². The van der Waals surface area contributed by atoms with Gasteiger partial charge in [0.1, 0.15) is 5.82 Å². The van der Waals surface area contributed by atoms with E-state index in [4.69, 9.17) is 5.73 Å². The van der Waals surface area contributed by atoms with E-state index >= 15 is 0 Å². The molecule has 1 aromatic carbocycles. The van der Waals surface area contributed by atoms with Crippen LogP contribution in [0.1, 0.15) is 23.2 Å². The number of hydrogen-bond donors (Lipinski definition) is 2. The van der Waals surface area contributed by atoms with Gasteiger partial charge in [0.2, 0.25) is 0 Å². The Morgan fingerprint density at radius 3 is 2.67 bits per heavy atom. The molecule has 98 valence electrons. The lowest BCUT2D eigenvalue weighted by atomic mass is 10.1. The maximum atomic E-state index is 13.6. The molecule has 1 aliphatic heterocycles. The number of nitrogen functional groups attached to an aromatic ring is 1. The number of nitrogens with one attached hydrogen (secondary N) is 1. The molecule has 0 aliphatic carbocycles. The van der Waals surface area contributed by atoms with Gasteiger partial charge in [-0.2, -0.15) is 11.8 Å². The molecule has 0 bridgehead atoms. The smallest absolute Gasteiger partial charge is 0.254 e. The van der Waals surface area contributed by atoms with E-state index in [1.165, 1.54) is 0 Å². The third-order valence-corrected chi connectivity index (χ3v) is 3.92. The highest BCUT2D eigenvalue weighted by Gasteiger charge is 2.20. The minimum absolute atomic E-state index is 0.0302. The Kier molecular flexibility index (Phi) is 4.06. The molecule has 3 nitrogen and oxygen atoms in total. The summed E-state index contributed by atoms with van der Waals surface area (Å²) < 4.78 is 26.7. The van der Waals surface area contributed by atoms with Crippen molar-refractivity contribution < 1.29 is 13.6 Å². The van der Waals surface area contributed by atoms with Crippen LogP contribution >= 0.6 is 11.8 Å². The van der Waals surface area contributed by atoms with E-state index in [2.05, 4.69) is 5.32 Å². The van der Waals surface area contributed by atoms with E-state index in [0.717, 1.165) is 36.5 Å². The summed E-state index contributed by atoms with van der Waals surface area (Å²) in [4.78, 5) is 11.9. The van der Waals surface area contributed by atoms with Gasteiger partial charge in [0.05, 0.1) is 11.3 Å². The van der Waals surface area contributed by atoms with Crippen LogP contribution in [0, 0.1) is 11.6 Å². The fraction of sp³-hybridized carbons (Fsp3) is 0.417. The first-order valence-corrected chi connectivity index (χ1v) is 6.86. The number of carbonyl (C=O) groups is 1. The Labute approximate surface area is 108 Å². The molecule has 0 aromatic heterocycles. The molecular formula is C12H14F2N2OS. The van der Waals surface area contributed by atoms with Gasteiger partial charge in [-0.1, -0.05) is 0 Å². The summed E-state index contributed by atoms with van der Waals surface area (Å²) in [5.74, 6) is -0.231. The fourth-order valence-corrected chi connectivity index (χ4v) is 2.99. The average molecular weight is 272 g/mol. The molecule has 1 saturated heterocycles. The van der Waals surface area contributed by atoms with Crippen LogP contribution in [-0.2, 0) is 0 Å². The first-order valence-electron chi connectivity index (χ1n) is 5.71. The molecule has 1 amide bonds. The van der Waals surface area contributed by atoms with Gasteiger partial charge in [-0.15, -0.1) is 0 Å². The van der Waals surface area contributed by atoms with Crippen LogP contribution < -0.4 is 11.1 Å². The van der Waals surface area contributed by atoms with Crippen LogP contribution in [0.5, 0.6) is 0 Å². The molecule has 0 radical (unpaired) electrons. The number of thioether (sulfide) groups is 1. The van der Waals surface area contributed by atoms with E-state index in [-0.39, 0.29) is 17.3 Å². The summed E-state index contributed by atoms with van der Waals surface area (Å²) in [6, 6.07) is 1.77. The number of hydrogen-bond acceptors (Lipinski definition) is 3. The van der Waals surface area contributed by atoms with Crippen molar-refractivity contribution in [2.24, 2.45) is 0 Å². The Morgan fingerprint density at radius 2 is 2.00 bits per heavy atom. The number of benzene rings is 1. The summed E-state index contributed by atoms with van der Waals surface area (Å²) in [5, 5.41) is 2.72. The molecule has 6 heteroatoms. The normalized spacial score (nSPS) is 16.6. The summed E-state index contributed by atoms with van der Waals surface area (Å²) in [7, 11) is 0. The monoisotopic (exact) mass is 272 g/mol. The van der Waals surface area contributed by atoms with Crippen LogP contribution in [0.25, 0.3) is 0 Å². The Hall–Kier alpha value is -1.30. The highest BCUT2D eigenvalue weighted by molar-refractivity contribution is 7.99. The standard InChI is InChI=1S/C12H14F2N2OS/c13-7-5-9(11(14)10(15)6-7)12(17)16-8-1-3-18-4-2-8/h5-6,8H,1-4,15H2,(H,16,17). The molecule has 0 unspecified atom stereocenters. The molecule has 0 spiro atoms. The number of halogens is 2. The van der Waals surface area contributed by atoms with Crippen LogP contribution in [0.4, 0.5) is 14.5 Å². The number of amides is 1. The zero-order chi connectivity index (χ0) is 13.1. The van der Waals surface area contributed by atoms with Gasteiger partial charge in [-0.25, -0.2) is 8.78 Å². The van der Waals surface area contributed by atoms with Crippen molar-refractivity contribution in [3.63, 3.8) is 0 Å². The molecule has 1 heterocycles. The van der Waals surface area contributed by atoms with Crippen molar-refractivity contribution in [3.05, 3.63) is 29.3 Å². The molecule has 18 heavy (non-hydrogen) atoms. The molecule has 0 atom stereocenters. The number of carbonyl (C=O) groups excluding carboxylic acids is 1. The van der Waals surface area contributed by atoms with Crippen molar-refractivity contribution in [1.29, 1.82) is 0 Å². The van der Waals surface area contributed by atoms with Gasteiger partial charge < -0.3 is 11.1 Å². The predicted octanol–water partition coefficient (Wildman–Crippen LogP) is 2.17. The fourth-order valence-electron chi connectivity index (χ4n) is 1.88. The van der Waals surface area contributed by atoms with Crippen molar-refractivity contribution in [2.45, 2.75) is 18.9 Å². The number of nitrogens with two attached hydrogens (primary N) is 1. The zero-order valence-corrected chi connectivity index (χ0v) is 10.5. The Balaban J connectivity index is 2.13.